The van der Waals surface area contributed by atoms with Crippen molar-refractivity contribution in [2.75, 3.05) is 13.1 Å². The number of rotatable bonds is 7. The summed E-state index contributed by atoms with van der Waals surface area (Å²) in [6.45, 7) is 5.45. The second kappa shape index (κ2) is 7.04. The van der Waals surface area contributed by atoms with E-state index in [0.29, 0.717) is 19.0 Å². The molecule has 0 amide bonds. The molecular weight excluding hydrogens is 268 g/mol. The Morgan fingerprint density at radius 2 is 2.10 bits per heavy atom. The smallest absolute Gasteiger partial charge is 0.307 e. The molecule has 1 heterocycles. The van der Waals surface area contributed by atoms with Gasteiger partial charge in [-0.1, -0.05) is 44.2 Å². The van der Waals surface area contributed by atoms with E-state index < -0.39 is 11.9 Å². The quantitative estimate of drug-likeness (QED) is 0.848. The van der Waals surface area contributed by atoms with Gasteiger partial charge in [-0.25, -0.2) is 4.98 Å². The molecule has 0 aliphatic carbocycles. The molecule has 1 atom stereocenters. The van der Waals surface area contributed by atoms with Crippen LogP contribution in [0.4, 0.5) is 0 Å². The molecule has 0 bridgehead atoms. The van der Waals surface area contributed by atoms with Gasteiger partial charge in [-0.2, -0.15) is 0 Å². The number of carboxylic acids is 1. The van der Waals surface area contributed by atoms with Crippen LogP contribution in [-0.4, -0.2) is 34.0 Å². The Bertz CT molecular complexity index is 580. The Labute approximate surface area is 124 Å². The lowest BCUT2D eigenvalue weighted by atomic mass is 10.2. The van der Waals surface area contributed by atoms with E-state index in [1.165, 1.54) is 0 Å². The van der Waals surface area contributed by atoms with Gasteiger partial charge in [0.2, 0.25) is 5.89 Å². The maximum absolute atomic E-state index is 10.9. The van der Waals surface area contributed by atoms with Crippen molar-refractivity contribution in [1.29, 1.82) is 0 Å². The van der Waals surface area contributed by atoms with Crippen LogP contribution < -0.4 is 0 Å². The predicted octanol–water partition coefficient (Wildman–Crippen LogP) is 2.88. The largest absolute Gasteiger partial charge is 0.481 e. The second-order valence-corrected chi connectivity index (χ2v) is 5.05. The van der Waals surface area contributed by atoms with Gasteiger partial charge < -0.3 is 9.52 Å². The number of hydrogen-bond acceptors (Lipinski definition) is 4. The summed E-state index contributed by atoms with van der Waals surface area (Å²) in [6, 6.07) is 9.78. The summed E-state index contributed by atoms with van der Waals surface area (Å²) >= 11 is 0. The lowest BCUT2D eigenvalue weighted by Crippen LogP contribution is -2.31. The van der Waals surface area contributed by atoms with Crippen LogP contribution in [0, 0.1) is 5.92 Å². The summed E-state index contributed by atoms with van der Waals surface area (Å²) in [7, 11) is 0. The van der Waals surface area contributed by atoms with E-state index in [0.717, 1.165) is 17.9 Å². The lowest BCUT2D eigenvalue weighted by Gasteiger charge is -2.20. The summed E-state index contributed by atoms with van der Waals surface area (Å²) in [6.07, 6.45) is 1.71. The molecule has 112 valence electrons. The van der Waals surface area contributed by atoms with Crippen LogP contribution in [0.5, 0.6) is 0 Å². The van der Waals surface area contributed by atoms with Gasteiger partial charge in [-0.05, 0) is 6.54 Å². The normalized spacial score (nSPS) is 12.5. The molecule has 5 nitrogen and oxygen atoms in total. The van der Waals surface area contributed by atoms with E-state index in [9.17, 15) is 4.79 Å². The van der Waals surface area contributed by atoms with Crippen molar-refractivity contribution in [2.45, 2.75) is 20.4 Å². The zero-order chi connectivity index (χ0) is 15.2. The highest BCUT2D eigenvalue weighted by Crippen LogP contribution is 2.20. The number of oxazole rings is 1. The minimum atomic E-state index is -0.786. The molecule has 5 heteroatoms. The van der Waals surface area contributed by atoms with Gasteiger partial charge in [0.1, 0.15) is 0 Å². The molecule has 0 fully saturated rings. The van der Waals surface area contributed by atoms with E-state index in [-0.39, 0.29) is 0 Å². The Morgan fingerprint density at radius 3 is 2.71 bits per heavy atom. The van der Waals surface area contributed by atoms with E-state index in [4.69, 9.17) is 9.52 Å². The highest BCUT2D eigenvalue weighted by atomic mass is 16.4. The molecule has 2 rings (SSSR count). The highest BCUT2D eigenvalue weighted by molar-refractivity contribution is 5.69. The number of aromatic nitrogens is 1. The van der Waals surface area contributed by atoms with Crippen LogP contribution in [-0.2, 0) is 11.3 Å². The number of benzene rings is 1. The molecule has 0 aliphatic rings. The Balaban J connectivity index is 2.02. The molecule has 2 aromatic rings. The Morgan fingerprint density at radius 1 is 1.38 bits per heavy atom. The van der Waals surface area contributed by atoms with Crippen LogP contribution >= 0.6 is 0 Å². The minimum absolute atomic E-state index is 0.409. The average Bonchev–Trinajstić information content (AvgIpc) is 2.95. The summed E-state index contributed by atoms with van der Waals surface area (Å²) in [4.78, 5) is 17.2. The monoisotopic (exact) mass is 288 g/mol. The van der Waals surface area contributed by atoms with Crippen molar-refractivity contribution >= 4 is 5.97 Å². The first-order valence-electron chi connectivity index (χ1n) is 7.05. The summed E-state index contributed by atoms with van der Waals surface area (Å²) < 4.78 is 5.74. The van der Waals surface area contributed by atoms with Crippen molar-refractivity contribution < 1.29 is 14.3 Å². The fourth-order valence-electron chi connectivity index (χ4n) is 2.08. The van der Waals surface area contributed by atoms with Crippen molar-refractivity contribution in [3.05, 3.63) is 42.4 Å². The van der Waals surface area contributed by atoms with Gasteiger partial charge in [0.15, 0.2) is 5.76 Å². The molecule has 0 aliphatic heterocycles. The van der Waals surface area contributed by atoms with Crippen LogP contribution in [0.1, 0.15) is 19.7 Å². The van der Waals surface area contributed by atoms with Gasteiger partial charge >= 0.3 is 5.97 Å². The number of carboxylic acid groups (broad SMARTS) is 1. The molecule has 0 spiro atoms. The zero-order valence-electron chi connectivity index (χ0n) is 12.3. The molecule has 1 aromatic carbocycles. The van der Waals surface area contributed by atoms with Crippen molar-refractivity contribution in [3.63, 3.8) is 0 Å². The molecular formula is C16H20N2O3. The van der Waals surface area contributed by atoms with Gasteiger partial charge in [-0.3, -0.25) is 9.69 Å². The third kappa shape index (κ3) is 4.16. The third-order valence-corrected chi connectivity index (χ3v) is 3.37. The van der Waals surface area contributed by atoms with Crippen LogP contribution in [0.25, 0.3) is 11.3 Å². The SMILES string of the molecule is CCN(Cc1ncc(-c2ccccc2)o1)CC(C)C(=O)O. The second-order valence-electron chi connectivity index (χ2n) is 5.05. The standard InChI is InChI=1S/C16H20N2O3/c1-3-18(10-12(2)16(19)20)11-15-17-9-14(21-15)13-7-5-4-6-8-13/h4-9,12H,3,10-11H2,1-2H3,(H,19,20). The molecule has 21 heavy (non-hydrogen) atoms. The first kappa shape index (κ1) is 15.3. The molecule has 1 N–H and O–H groups in total. The molecule has 1 unspecified atom stereocenters. The van der Waals surface area contributed by atoms with Crippen molar-refractivity contribution in [2.24, 2.45) is 5.92 Å². The molecule has 0 saturated heterocycles. The molecule has 0 saturated carbocycles. The van der Waals surface area contributed by atoms with Gasteiger partial charge in [-0.15, -0.1) is 0 Å². The van der Waals surface area contributed by atoms with Crippen molar-refractivity contribution in [3.8, 4) is 11.3 Å². The topological polar surface area (TPSA) is 66.6 Å². The maximum Gasteiger partial charge on any atom is 0.307 e. The number of carbonyl (C=O) groups is 1. The van der Waals surface area contributed by atoms with Crippen LogP contribution in [0.15, 0.2) is 40.9 Å². The first-order chi connectivity index (χ1) is 10.1. The Kier molecular flexibility index (Phi) is 5.11. The molecule has 0 radical (unpaired) electrons. The van der Waals surface area contributed by atoms with Gasteiger partial charge in [0.05, 0.1) is 18.7 Å². The van der Waals surface area contributed by atoms with E-state index in [1.54, 1.807) is 13.1 Å². The lowest BCUT2D eigenvalue weighted by molar-refractivity contribution is -0.141. The summed E-state index contributed by atoms with van der Waals surface area (Å²) in [5.74, 6) is 0.139. The number of nitrogens with zero attached hydrogens (tertiary/aromatic N) is 2. The Hall–Kier alpha value is -2.14. The highest BCUT2D eigenvalue weighted by Gasteiger charge is 2.17. The van der Waals surface area contributed by atoms with E-state index in [2.05, 4.69) is 4.98 Å². The van der Waals surface area contributed by atoms with Crippen LogP contribution in [0.2, 0.25) is 0 Å². The first-order valence-corrected chi connectivity index (χ1v) is 7.05. The third-order valence-electron chi connectivity index (χ3n) is 3.37. The van der Waals surface area contributed by atoms with Crippen molar-refractivity contribution in [1.82, 2.24) is 9.88 Å². The van der Waals surface area contributed by atoms with E-state index in [1.807, 2.05) is 42.2 Å². The van der Waals surface area contributed by atoms with Crippen LogP contribution in [0.3, 0.4) is 0 Å². The average molecular weight is 288 g/mol. The number of hydrogen-bond donors (Lipinski definition) is 1. The minimum Gasteiger partial charge on any atom is -0.481 e. The van der Waals surface area contributed by atoms with Gasteiger partial charge in [0.25, 0.3) is 0 Å². The molecule has 1 aromatic heterocycles. The number of aliphatic carboxylic acids is 1. The maximum atomic E-state index is 10.9. The summed E-state index contributed by atoms with van der Waals surface area (Å²) in [5.41, 5.74) is 0.984. The van der Waals surface area contributed by atoms with Gasteiger partial charge in [0, 0.05) is 12.1 Å². The predicted molar refractivity (Wildman–Crippen MR) is 79.7 cm³/mol. The zero-order valence-corrected chi connectivity index (χ0v) is 12.3. The fourth-order valence-corrected chi connectivity index (χ4v) is 2.08. The van der Waals surface area contributed by atoms with E-state index >= 15 is 0 Å². The fraction of sp³-hybridized carbons (Fsp3) is 0.375. The summed E-state index contributed by atoms with van der Waals surface area (Å²) in [5, 5.41) is 8.98.